The fourth-order valence-corrected chi connectivity index (χ4v) is 4.72. The Morgan fingerprint density at radius 2 is 1.33 bits per heavy atom. The second kappa shape index (κ2) is 12.0. The first-order valence-corrected chi connectivity index (χ1v) is 11.9. The molecule has 0 aliphatic heterocycles. The van der Waals surface area contributed by atoms with E-state index >= 15 is 0 Å². The maximum Gasteiger partial charge on any atom is 0.266 e. The van der Waals surface area contributed by atoms with Crippen molar-refractivity contribution < 1.29 is 8.78 Å². The van der Waals surface area contributed by atoms with Crippen molar-refractivity contribution in [1.82, 2.24) is 0 Å². The van der Waals surface area contributed by atoms with Gasteiger partial charge in [-0.15, -0.1) is 0 Å². The van der Waals surface area contributed by atoms with Crippen molar-refractivity contribution in [1.29, 1.82) is 0 Å². The highest BCUT2D eigenvalue weighted by Gasteiger charge is 2.21. The quantitative estimate of drug-likeness (QED) is 0.342. The molecule has 0 radical (unpaired) electrons. The van der Waals surface area contributed by atoms with Gasteiger partial charge >= 0.3 is 0 Å². The van der Waals surface area contributed by atoms with Crippen LogP contribution in [0, 0.1) is 5.92 Å². The van der Waals surface area contributed by atoms with E-state index < -0.39 is 6.08 Å². The molecule has 0 nitrogen and oxygen atoms in total. The Morgan fingerprint density at radius 1 is 0.767 bits per heavy atom. The Labute approximate surface area is 181 Å². The summed E-state index contributed by atoms with van der Waals surface area (Å²) < 4.78 is 24.9. The predicted octanol–water partition coefficient (Wildman–Crippen LogP) is 9.31. The largest absolute Gasteiger partial charge is 0.266 e. The van der Waals surface area contributed by atoms with Crippen LogP contribution in [-0.2, 0) is 6.42 Å². The van der Waals surface area contributed by atoms with Crippen molar-refractivity contribution in [2.24, 2.45) is 5.92 Å². The average Bonchev–Trinajstić information content (AvgIpc) is 2.77. The molecule has 0 aromatic heterocycles. The number of halogens is 2. The Kier molecular flexibility index (Phi) is 9.11. The summed E-state index contributed by atoms with van der Waals surface area (Å²) in [6.45, 7) is 2.26. The highest BCUT2D eigenvalue weighted by molar-refractivity contribution is 5.64. The smallest absolute Gasteiger partial charge is 0.174 e. The van der Waals surface area contributed by atoms with E-state index in [2.05, 4.69) is 55.5 Å². The third-order valence-corrected chi connectivity index (χ3v) is 6.62. The van der Waals surface area contributed by atoms with E-state index in [1.54, 1.807) is 0 Å². The van der Waals surface area contributed by atoms with Gasteiger partial charge in [0.1, 0.15) is 0 Å². The lowest BCUT2D eigenvalue weighted by Crippen LogP contribution is -2.11. The van der Waals surface area contributed by atoms with Crippen LogP contribution in [0.25, 0.3) is 11.1 Å². The minimum atomic E-state index is -1.53. The van der Waals surface area contributed by atoms with Crippen molar-refractivity contribution in [3.8, 4) is 11.1 Å². The van der Waals surface area contributed by atoms with Crippen LogP contribution in [0.15, 0.2) is 60.7 Å². The number of unbranched alkanes of at least 4 members (excludes halogenated alkanes) is 5. The van der Waals surface area contributed by atoms with Gasteiger partial charge in [0, 0.05) is 0 Å². The summed E-state index contributed by atoms with van der Waals surface area (Å²) in [6, 6.07) is 17.9. The van der Waals surface area contributed by atoms with E-state index in [1.807, 2.05) is 0 Å². The second-order valence-electron chi connectivity index (χ2n) is 8.90. The molecule has 1 fully saturated rings. The van der Waals surface area contributed by atoms with Gasteiger partial charge in [-0.25, -0.2) is 0 Å². The molecule has 0 heterocycles. The molecule has 3 rings (SSSR count). The fraction of sp³-hybridized carbons (Fsp3) is 0.500. The van der Waals surface area contributed by atoms with Crippen molar-refractivity contribution >= 4 is 0 Å². The lowest BCUT2D eigenvalue weighted by molar-refractivity contribution is 0.351. The highest BCUT2D eigenvalue weighted by atomic mass is 19.3. The molecule has 2 heteroatoms. The van der Waals surface area contributed by atoms with Crippen molar-refractivity contribution in [2.75, 3.05) is 0 Å². The zero-order valence-electron chi connectivity index (χ0n) is 18.4. The Balaban J connectivity index is 1.48. The van der Waals surface area contributed by atoms with Gasteiger partial charge in [-0.3, -0.25) is 0 Å². The van der Waals surface area contributed by atoms with Crippen LogP contribution in [0.3, 0.4) is 0 Å². The Bertz CT molecular complexity index is 761. The molecule has 0 saturated heterocycles. The third-order valence-electron chi connectivity index (χ3n) is 6.62. The molecule has 0 N–H and O–H groups in total. The minimum Gasteiger partial charge on any atom is -0.174 e. The van der Waals surface area contributed by atoms with Gasteiger partial charge in [-0.1, -0.05) is 87.6 Å². The molecular formula is C28H36F2. The molecule has 2 aromatic rings. The number of allylic oxidation sites excluding steroid dienone is 1. The van der Waals surface area contributed by atoms with Gasteiger partial charge < -0.3 is 0 Å². The van der Waals surface area contributed by atoms with E-state index in [1.165, 1.54) is 67.2 Å². The summed E-state index contributed by atoms with van der Waals surface area (Å²) >= 11 is 0. The topological polar surface area (TPSA) is 0 Å². The van der Waals surface area contributed by atoms with Crippen LogP contribution in [0.5, 0.6) is 0 Å². The molecule has 0 spiro atoms. The molecule has 30 heavy (non-hydrogen) atoms. The first kappa shape index (κ1) is 22.7. The monoisotopic (exact) mass is 410 g/mol. The van der Waals surface area contributed by atoms with Crippen molar-refractivity contribution in [3.05, 3.63) is 71.8 Å². The molecule has 0 atom stereocenters. The maximum absolute atomic E-state index is 12.4. The summed E-state index contributed by atoms with van der Waals surface area (Å²) in [4.78, 5) is 0. The fourth-order valence-electron chi connectivity index (χ4n) is 4.72. The first-order chi connectivity index (χ1) is 14.7. The van der Waals surface area contributed by atoms with Crippen LogP contribution in [0.1, 0.15) is 88.2 Å². The molecular weight excluding hydrogens is 374 g/mol. The van der Waals surface area contributed by atoms with Gasteiger partial charge in [0.25, 0.3) is 6.08 Å². The number of rotatable bonds is 10. The summed E-state index contributed by atoms with van der Waals surface area (Å²) in [6.07, 6.45) is 12.6. The minimum absolute atomic E-state index is 0.0559. The second-order valence-corrected chi connectivity index (χ2v) is 8.90. The maximum atomic E-state index is 12.4. The van der Waals surface area contributed by atoms with Gasteiger partial charge in [0.2, 0.25) is 0 Å². The molecule has 0 bridgehead atoms. The van der Waals surface area contributed by atoms with E-state index in [-0.39, 0.29) is 5.92 Å². The summed E-state index contributed by atoms with van der Waals surface area (Å²) in [5.41, 5.74) is 5.30. The van der Waals surface area contributed by atoms with Crippen molar-refractivity contribution in [3.63, 3.8) is 0 Å². The normalized spacial score (nSPS) is 18.9. The molecule has 0 amide bonds. The van der Waals surface area contributed by atoms with Crippen LogP contribution in [0.4, 0.5) is 8.78 Å². The summed E-state index contributed by atoms with van der Waals surface area (Å²) in [5, 5.41) is 0. The first-order valence-electron chi connectivity index (χ1n) is 11.9. The van der Waals surface area contributed by atoms with Gasteiger partial charge in [0.15, 0.2) is 0 Å². The zero-order chi connectivity index (χ0) is 21.2. The van der Waals surface area contributed by atoms with Crippen LogP contribution >= 0.6 is 0 Å². The van der Waals surface area contributed by atoms with Crippen LogP contribution in [-0.4, -0.2) is 0 Å². The lowest BCUT2D eigenvalue weighted by atomic mass is 9.78. The van der Waals surface area contributed by atoms with Gasteiger partial charge in [-0.2, -0.15) is 8.78 Å². The van der Waals surface area contributed by atoms with E-state index in [4.69, 9.17) is 0 Å². The van der Waals surface area contributed by atoms with E-state index in [0.717, 1.165) is 31.8 Å². The standard InChI is InChI=1S/C28H36F2/c1-2-3-4-5-6-7-8-22-9-13-24(14-10-22)26-17-19-27(20-18-26)25-15-11-23(12-16-25)21-28(29)30/h9-10,13-14,17-21,23,25H,2-8,11-12,15-16H2,1H3. The average molecular weight is 411 g/mol. The summed E-state index contributed by atoms with van der Waals surface area (Å²) in [5.74, 6) is 0.562. The predicted molar refractivity (Wildman–Crippen MR) is 124 cm³/mol. The molecule has 1 aliphatic rings. The molecule has 0 unspecified atom stereocenters. The number of hydrogen-bond acceptors (Lipinski definition) is 0. The number of aryl methyl sites for hydroxylation is 1. The van der Waals surface area contributed by atoms with E-state index in [9.17, 15) is 8.78 Å². The van der Waals surface area contributed by atoms with Crippen molar-refractivity contribution in [2.45, 2.75) is 83.5 Å². The molecule has 2 aromatic carbocycles. The summed E-state index contributed by atoms with van der Waals surface area (Å²) in [7, 11) is 0. The SMILES string of the molecule is CCCCCCCCc1ccc(-c2ccc(C3CCC(C=C(F)F)CC3)cc2)cc1. The highest BCUT2D eigenvalue weighted by Crippen LogP contribution is 2.37. The van der Waals surface area contributed by atoms with Crippen LogP contribution in [0.2, 0.25) is 0 Å². The zero-order valence-corrected chi connectivity index (χ0v) is 18.4. The molecule has 162 valence electrons. The molecule has 1 aliphatic carbocycles. The Morgan fingerprint density at radius 3 is 1.93 bits per heavy atom. The van der Waals surface area contributed by atoms with Gasteiger partial charge in [-0.05, 0) is 78.7 Å². The third kappa shape index (κ3) is 7.07. The molecule has 1 saturated carbocycles. The van der Waals surface area contributed by atoms with E-state index in [0.29, 0.717) is 5.92 Å². The Hall–Kier alpha value is -1.96. The van der Waals surface area contributed by atoms with Gasteiger partial charge in [0.05, 0.1) is 0 Å². The lowest BCUT2D eigenvalue weighted by Gasteiger charge is -2.27. The number of hydrogen-bond donors (Lipinski definition) is 0. The van der Waals surface area contributed by atoms with Crippen LogP contribution < -0.4 is 0 Å². The number of benzene rings is 2.